The van der Waals surface area contributed by atoms with Gasteiger partial charge in [-0.3, -0.25) is 0 Å². The van der Waals surface area contributed by atoms with Crippen LogP contribution in [0.25, 0.3) is 16.9 Å². The second-order valence-corrected chi connectivity index (χ2v) is 7.69. The minimum Gasteiger partial charge on any atom is -0.461 e. The van der Waals surface area contributed by atoms with Gasteiger partial charge in [-0.25, -0.2) is 17.9 Å². The molecule has 0 aliphatic heterocycles. The topological polar surface area (TPSA) is 78.3 Å². The summed E-state index contributed by atoms with van der Waals surface area (Å²) in [5.74, 6) is -0.504. The highest BCUT2D eigenvalue weighted by Crippen LogP contribution is 2.25. The van der Waals surface area contributed by atoms with Crippen LogP contribution in [-0.4, -0.2) is 37.0 Å². The van der Waals surface area contributed by atoms with Gasteiger partial charge in [0, 0.05) is 11.8 Å². The first kappa shape index (κ1) is 17.9. The molecular weight excluding hydrogens is 352 g/mol. The molecule has 0 bridgehead atoms. The molecule has 26 heavy (non-hydrogen) atoms. The molecule has 3 aromatic rings. The molecule has 6 nitrogen and oxygen atoms in total. The van der Waals surface area contributed by atoms with Gasteiger partial charge < -0.3 is 4.74 Å². The molecule has 1 heterocycles. The van der Waals surface area contributed by atoms with Gasteiger partial charge in [0.2, 0.25) is 0 Å². The summed E-state index contributed by atoms with van der Waals surface area (Å²) in [5, 5.41) is 4.37. The lowest BCUT2D eigenvalue weighted by Crippen LogP contribution is -2.06. The van der Waals surface area contributed by atoms with Crippen LogP contribution in [0.1, 0.15) is 17.4 Å². The van der Waals surface area contributed by atoms with Crippen molar-refractivity contribution in [3.8, 4) is 16.9 Å². The summed E-state index contributed by atoms with van der Waals surface area (Å²) < 4.78 is 30.0. The van der Waals surface area contributed by atoms with E-state index in [-0.39, 0.29) is 17.2 Å². The molecule has 0 fully saturated rings. The molecule has 134 valence electrons. The summed E-state index contributed by atoms with van der Waals surface area (Å²) in [4.78, 5) is 12.3. The van der Waals surface area contributed by atoms with Crippen LogP contribution in [0, 0.1) is 0 Å². The third kappa shape index (κ3) is 3.67. The molecule has 0 amide bonds. The van der Waals surface area contributed by atoms with Crippen molar-refractivity contribution in [1.29, 1.82) is 0 Å². The maximum Gasteiger partial charge on any atom is 0.358 e. The predicted octanol–water partition coefficient (Wildman–Crippen LogP) is 3.12. The van der Waals surface area contributed by atoms with Crippen LogP contribution < -0.4 is 0 Å². The first-order chi connectivity index (χ1) is 12.4. The molecule has 0 saturated heterocycles. The van der Waals surface area contributed by atoms with Crippen LogP contribution in [0.2, 0.25) is 0 Å². The van der Waals surface area contributed by atoms with E-state index in [0.717, 1.165) is 17.5 Å². The Morgan fingerprint density at radius 2 is 1.73 bits per heavy atom. The predicted molar refractivity (Wildman–Crippen MR) is 98.1 cm³/mol. The standard InChI is InChI=1S/C19H18N2O4S/c1-3-25-19(22)17-13-18(21(20-17)15-7-5-4-6-8-15)14-9-11-16(12-10-14)26(2,23)24/h4-13H,3H2,1-2H3. The number of hydrogen-bond donors (Lipinski definition) is 0. The van der Waals surface area contributed by atoms with E-state index in [1.54, 1.807) is 29.8 Å². The lowest BCUT2D eigenvalue weighted by molar-refractivity contribution is 0.0519. The number of ether oxygens (including phenoxy) is 1. The molecule has 2 aromatic carbocycles. The highest BCUT2D eigenvalue weighted by atomic mass is 32.2. The van der Waals surface area contributed by atoms with E-state index >= 15 is 0 Å². The minimum atomic E-state index is -3.28. The molecule has 1 aromatic heterocycles. The second-order valence-electron chi connectivity index (χ2n) is 5.68. The summed E-state index contributed by atoms with van der Waals surface area (Å²) in [7, 11) is -3.28. The van der Waals surface area contributed by atoms with Gasteiger partial charge in [-0.15, -0.1) is 0 Å². The average Bonchev–Trinajstić information content (AvgIpc) is 3.07. The Bertz CT molecular complexity index is 1020. The van der Waals surface area contributed by atoms with Crippen molar-refractivity contribution in [3.63, 3.8) is 0 Å². The third-order valence-electron chi connectivity index (χ3n) is 3.77. The fourth-order valence-electron chi connectivity index (χ4n) is 2.53. The van der Waals surface area contributed by atoms with Gasteiger partial charge in [-0.05, 0) is 37.3 Å². The molecule has 0 unspecified atom stereocenters. The molecule has 0 aliphatic rings. The fraction of sp³-hybridized carbons (Fsp3) is 0.158. The summed E-state index contributed by atoms with van der Waals surface area (Å²) in [6.07, 6.45) is 1.16. The van der Waals surface area contributed by atoms with E-state index in [0.29, 0.717) is 5.69 Å². The maximum absolute atomic E-state index is 12.1. The minimum absolute atomic E-state index is 0.192. The molecule has 7 heteroatoms. The number of aromatic nitrogens is 2. The first-order valence-corrected chi connectivity index (χ1v) is 9.92. The van der Waals surface area contributed by atoms with Crippen molar-refractivity contribution in [2.45, 2.75) is 11.8 Å². The zero-order valence-corrected chi connectivity index (χ0v) is 15.2. The second kappa shape index (κ2) is 7.13. The number of carbonyl (C=O) groups excluding carboxylic acids is 1. The van der Waals surface area contributed by atoms with Gasteiger partial charge in [-0.1, -0.05) is 30.3 Å². The summed E-state index contributed by atoms with van der Waals surface area (Å²) in [6.45, 7) is 1.99. The highest BCUT2D eigenvalue weighted by Gasteiger charge is 2.18. The van der Waals surface area contributed by atoms with E-state index in [9.17, 15) is 13.2 Å². The number of nitrogens with zero attached hydrogens (tertiary/aromatic N) is 2. The Labute approximate surface area is 152 Å². The van der Waals surface area contributed by atoms with Crippen molar-refractivity contribution in [2.75, 3.05) is 12.9 Å². The normalized spacial score (nSPS) is 11.3. The van der Waals surface area contributed by atoms with Crippen molar-refractivity contribution in [2.24, 2.45) is 0 Å². The Balaban J connectivity index is 2.11. The monoisotopic (exact) mass is 370 g/mol. The van der Waals surface area contributed by atoms with Crippen LogP contribution in [0.3, 0.4) is 0 Å². The summed E-state index contributed by atoms with van der Waals surface area (Å²) >= 11 is 0. The van der Waals surface area contributed by atoms with Gasteiger partial charge in [0.25, 0.3) is 0 Å². The number of sulfone groups is 1. The van der Waals surface area contributed by atoms with Crippen LogP contribution in [0.5, 0.6) is 0 Å². The number of hydrogen-bond acceptors (Lipinski definition) is 5. The SMILES string of the molecule is CCOC(=O)c1cc(-c2ccc(S(C)(=O)=O)cc2)n(-c2ccccc2)n1. The smallest absolute Gasteiger partial charge is 0.358 e. The number of esters is 1. The molecule has 0 atom stereocenters. The third-order valence-corrected chi connectivity index (χ3v) is 4.90. The van der Waals surface area contributed by atoms with E-state index in [1.807, 2.05) is 30.3 Å². The molecule has 0 radical (unpaired) electrons. The van der Waals surface area contributed by atoms with Crippen LogP contribution >= 0.6 is 0 Å². The average molecular weight is 370 g/mol. The zero-order valence-electron chi connectivity index (χ0n) is 14.4. The van der Waals surface area contributed by atoms with Gasteiger partial charge in [0.15, 0.2) is 15.5 Å². The molecule has 0 spiro atoms. The van der Waals surface area contributed by atoms with Crippen LogP contribution in [0.15, 0.2) is 65.6 Å². The van der Waals surface area contributed by atoms with Gasteiger partial charge >= 0.3 is 5.97 Å². The number of rotatable bonds is 5. The number of para-hydroxylation sites is 1. The lowest BCUT2D eigenvalue weighted by Gasteiger charge is -2.08. The quantitative estimate of drug-likeness (QED) is 0.645. The highest BCUT2D eigenvalue weighted by molar-refractivity contribution is 7.90. The van der Waals surface area contributed by atoms with E-state index in [1.165, 1.54) is 12.1 Å². The Morgan fingerprint density at radius 3 is 2.31 bits per heavy atom. The maximum atomic E-state index is 12.1. The molecule has 0 aliphatic carbocycles. The number of carbonyl (C=O) groups is 1. The summed E-state index contributed by atoms with van der Waals surface area (Å²) in [6, 6.07) is 17.5. The van der Waals surface area contributed by atoms with Gasteiger partial charge in [0.05, 0.1) is 22.9 Å². The number of benzene rings is 2. The Kier molecular flexibility index (Phi) is 4.90. The van der Waals surface area contributed by atoms with Gasteiger partial charge in [0.1, 0.15) is 0 Å². The molecule has 0 saturated carbocycles. The van der Waals surface area contributed by atoms with Gasteiger partial charge in [-0.2, -0.15) is 5.10 Å². The van der Waals surface area contributed by atoms with Crippen molar-refractivity contribution in [1.82, 2.24) is 9.78 Å². The van der Waals surface area contributed by atoms with E-state index < -0.39 is 15.8 Å². The van der Waals surface area contributed by atoms with Crippen molar-refractivity contribution in [3.05, 3.63) is 66.4 Å². The molecule has 0 N–H and O–H groups in total. The molecular formula is C19H18N2O4S. The zero-order chi connectivity index (χ0) is 18.7. The molecule has 3 rings (SSSR count). The lowest BCUT2D eigenvalue weighted by atomic mass is 10.1. The Hall–Kier alpha value is -2.93. The fourth-order valence-corrected chi connectivity index (χ4v) is 3.16. The Morgan fingerprint density at radius 1 is 1.08 bits per heavy atom. The largest absolute Gasteiger partial charge is 0.461 e. The van der Waals surface area contributed by atoms with Crippen molar-refractivity contribution < 1.29 is 17.9 Å². The summed E-state index contributed by atoms with van der Waals surface area (Å²) in [5.41, 5.74) is 2.38. The van der Waals surface area contributed by atoms with Crippen molar-refractivity contribution >= 4 is 15.8 Å². The van der Waals surface area contributed by atoms with E-state index in [2.05, 4.69) is 5.10 Å². The van der Waals surface area contributed by atoms with E-state index in [4.69, 9.17) is 4.74 Å². The first-order valence-electron chi connectivity index (χ1n) is 8.03. The van der Waals surface area contributed by atoms with Crippen LogP contribution in [-0.2, 0) is 14.6 Å². The van der Waals surface area contributed by atoms with Crippen LogP contribution in [0.4, 0.5) is 0 Å².